The fraction of sp³-hybridized carbons (Fsp3) is 0.348. The Morgan fingerprint density at radius 3 is 2.94 bits per heavy atom. The summed E-state index contributed by atoms with van der Waals surface area (Å²) < 4.78 is 28.3. The van der Waals surface area contributed by atoms with Crippen molar-refractivity contribution >= 4 is 49.3 Å². The Morgan fingerprint density at radius 2 is 2.18 bits per heavy atom. The third kappa shape index (κ3) is 4.45. The molecular weight excluding hydrogens is 476 g/mol. The van der Waals surface area contributed by atoms with Crippen molar-refractivity contribution in [2.75, 3.05) is 23.9 Å². The summed E-state index contributed by atoms with van der Waals surface area (Å²) in [6.07, 6.45) is 3.54. The molecule has 5 rings (SSSR count). The third-order valence-electron chi connectivity index (χ3n) is 5.87. The number of piperidine rings is 1. The van der Waals surface area contributed by atoms with E-state index < -0.39 is 10.0 Å². The number of β-amino-alcohol motifs (C(OH)–C–C–N with tert-alkyl or cyclic N) is 1. The quantitative estimate of drug-likeness (QED) is 0.388. The number of aromatic nitrogens is 2. The number of thiazole rings is 1. The van der Waals surface area contributed by atoms with Gasteiger partial charge in [-0.2, -0.15) is 0 Å². The number of nitrogens with one attached hydrogen (secondary N) is 1. The average Bonchev–Trinajstić information content (AvgIpc) is 3.55. The fourth-order valence-electron chi connectivity index (χ4n) is 4.35. The summed E-state index contributed by atoms with van der Waals surface area (Å²) in [7, 11) is -3.63. The number of aliphatic hydroxyl groups is 1. The average molecular weight is 503 g/mol. The van der Waals surface area contributed by atoms with Crippen molar-refractivity contribution in [1.29, 1.82) is 0 Å². The lowest BCUT2D eigenvalue weighted by Gasteiger charge is -2.29. The van der Waals surface area contributed by atoms with Gasteiger partial charge in [-0.05, 0) is 49.9 Å². The van der Waals surface area contributed by atoms with Crippen LogP contribution in [0, 0.1) is 0 Å². The summed E-state index contributed by atoms with van der Waals surface area (Å²) in [6, 6.07) is 11.1. The third-order valence-corrected chi connectivity index (χ3v) is 10.2. The lowest BCUT2D eigenvalue weighted by atomic mass is 10.1. The minimum absolute atomic E-state index is 0.245. The number of hydrogen-bond donors (Lipinski definition) is 2. The van der Waals surface area contributed by atoms with Crippen LogP contribution in [0.15, 0.2) is 52.2 Å². The number of benzene rings is 1. The van der Waals surface area contributed by atoms with Crippen LogP contribution in [0.3, 0.4) is 0 Å². The first-order valence-electron chi connectivity index (χ1n) is 11.0. The second kappa shape index (κ2) is 9.19. The second-order valence-electron chi connectivity index (χ2n) is 8.19. The van der Waals surface area contributed by atoms with Crippen LogP contribution < -0.4 is 4.31 Å². The van der Waals surface area contributed by atoms with Crippen LogP contribution in [0.25, 0.3) is 21.6 Å². The van der Waals surface area contributed by atoms with Gasteiger partial charge in [-0.3, -0.25) is 9.21 Å². The molecule has 7 nitrogen and oxygen atoms in total. The number of anilines is 1. The highest BCUT2D eigenvalue weighted by Crippen LogP contribution is 2.35. The molecule has 174 valence electrons. The van der Waals surface area contributed by atoms with Gasteiger partial charge in [0.2, 0.25) is 0 Å². The van der Waals surface area contributed by atoms with Crippen LogP contribution >= 0.6 is 22.7 Å². The van der Waals surface area contributed by atoms with Crippen LogP contribution in [0.2, 0.25) is 0 Å². The standard InChI is InChI=1S/C23H26N4O3S3/c1-2-27(33(29,30)21-9-5-11-31-21)20-8-3-6-16-12-19(25-22(16)20)23-24-13-18(32-23)15-26-10-4-7-17(28)14-26/h3,5-6,8-9,11-13,17,25,28H,2,4,7,10,14-15H2,1H3. The SMILES string of the molecule is CCN(c1cccc2cc(-c3ncc(CN4CCCC(O)C4)s3)[nH]c12)S(=O)(=O)c1cccs1. The minimum Gasteiger partial charge on any atom is -0.392 e. The van der Waals surface area contributed by atoms with Gasteiger partial charge in [0.25, 0.3) is 10.0 Å². The maximum atomic E-state index is 13.3. The van der Waals surface area contributed by atoms with Crippen LogP contribution in [-0.2, 0) is 16.6 Å². The Morgan fingerprint density at radius 1 is 1.30 bits per heavy atom. The molecular formula is C23H26N4O3S3. The number of likely N-dealkylation sites (tertiary alicyclic amines) is 1. The molecule has 0 amide bonds. The zero-order chi connectivity index (χ0) is 23.0. The summed E-state index contributed by atoms with van der Waals surface area (Å²) >= 11 is 2.85. The molecule has 0 bridgehead atoms. The highest BCUT2D eigenvalue weighted by atomic mass is 32.2. The van der Waals surface area contributed by atoms with E-state index in [1.165, 1.54) is 15.6 Å². The van der Waals surface area contributed by atoms with Crippen molar-refractivity contribution in [3.8, 4) is 10.7 Å². The molecule has 1 unspecified atom stereocenters. The summed E-state index contributed by atoms with van der Waals surface area (Å²) in [5.41, 5.74) is 2.29. The molecule has 4 aromatic rings. The molecule has 1 aromatic carbocycles. The van der Waals surface area contributed by atoms with Crippen molar-refractivity contribution in [3.63, 3.8) is 0 Å². The lowest BCUT2D eigenvalue weighted by Crippen LogP contribution is -2.37. The van der Waals surface area contributed by atoms with E-state index in [0.717, 1.165) is 52.4 Å². The van der Waals surface area contributed by atoms with Crippen LogP contribution in [-0.4, -0.2) is 54.1 Å². The molecule has 0 radical (unpaired) electrons. The van der Waals surface area contributed by atoms with E-state index >= 15 is 0 Å². The summed E-state index contributed by atoms with van der Waals surface area (Å²) in [6.45, 7) is 4.65. The van der Waals surface area contributed by atoms with Crippen LogP contribution in [0.1, 0.15) is 24.6 Å². The van der Waals surface area contributed by atoms with Crippen molar-refractivity contribution in [1.82, 2.24) is 14.9 Å². The van der Waals surface area contributed by atoms with Crippen molar-refractivity contribution < 1.29 is 13.5 Å². The summed E-state index contributed by atoms with van der Waals surface area (Å²) in [5, 5.41) is 13.5. The van der Waals surface area contributed by atoms with Gasteiger partial charge in [0.05, 0.1) is 23.0 Å². The number of aromatic amines is 1. The molecule has 0 aliphatic carbocycles. The highest BCUT2D eigenvalue weighted by molar-refractivity contribution is 7.94. The van der Waals surface area contributed by atoms with Crippen LogP contribution in [0.4, 0.5) is 5.69 Å². The predicted octanol–water partition coefficient (Wildman–Crippen LogP) is 4.52. The zero-order valence-electron chi connectivity index (χ0n) is 18.3. The number of sulfonamides is 1. The number of thiophene rings is 1. The highest BCUT2D eigenvalue weighted by Gasteiger charge is 2.26. The smallest absolute Gasteiger partial charge is 0.273 e. The molecule has 1 aliphatic rings. The van der Waals surface area contributed by atoms with E-state index in [-0.39, 0.29) is 6.10 Å². The topological polar surface area (TPSA) is 89.5 Å². The molecule has 1 saturated heterocycles. The van der Waals surface area contributed by atoms with Gasteiger partial charge in [-0.25, -0.2) is 13.4 Å². The fourth-order valence-corrected chi connectivity index (χ4v) is 7.87. The van der Waals surface area contributed by atoms with E-state index in [2.05, 4.69) is 14.9 Å². The Balaban J connectivity index is 1.45. The molecule has 2 N–H and O–H groups in total. The zero-order valence-corrected chi connectivity index (χ0v) is 20.7. The van der Waals surface area contributed by atoms with Crippen molar-refractivity contribution in [2.24, 2.45) is 0 Å². The molecule has 4 heterocycles. The molecule has 0 saturated carbocycles. The first-order valence-corrected chi connectivity index (χ1v) is 14.1. The molecule has 1 aliphatic heterocycles. The van der Waals surface area contributed by atoms with Crippen molar-refractivity contribution in [3.05, 3.63) is 52.9 Å². The first-order chi connectivity index (χ1) is 16.0. The van der Waals surface area contributed by atoms with Gasteiger partial charge in [0.1, 0.15) is 9.22 Å². The molecule has 33 heavy (non-hydrogen) atoms. The van der Waals surface area contributed by atoms with Gasteiger partial charge in [0, 0.05) is 36.1 Å². The Kier molecular flexibility index (Phi) is 6.28. The number of rotatable bonds is 7. The Hall–Kier alpha value is -2.24. The number of hydrogen-bond acceptors (Lipinski definition) is 7. The van der Waals surface area contributed by atoms with Gasteiger partial charge in [0.15, 0.2) is 0 Å². The maximum absolute atomic E-state index is 13.3. The van der Waals surface area contributed by atoms with E-state index in [9.17, 15) is 13.5 Å². The monoisotopic (exact) mass is 502 g/mol. The second-order valence-corrected chi connectivity index (χ2v) is 12.3. The van der Waals surface area contributed by atoms with Gasteiger partial charge in [-0.1, -0.05) is 18.2 Å². The predicted molar refractivity (Wildman–Crippen MR) is 134 cm³/mol. The number of H-pyrrole nitrogens is 1. The largest absolute Gasteiger partial charge is 0.392 e. The van der Waals surface area contributed by atoms with E-state index in [0.29, 0.717) is 23.0 Å². The lowest BCUT2D eigenvalue weighted by molar-refractivity contribution is 0.0673. The number of para-hydroxylation sites is 1. The van der Waals surface area contributed by atoms with Crippen molar-refractivity contribution in [2.45, 2.75) is 36.6 Å². The Bertz CT molecular complexity index is 1340. The van der Waals surface area contributed by atoms with Gasteiger partial charge in [-0.15, -0.1) is 22.7 Å². The Labute approximate surface area is 201 Å². The summed E-state index contributed by atoms with van der Waals surface area (Å²) in [5.74, 6) is 0. The van der Waals surface area contributed by atoms with Gasteiger partial charge >= 0.3 is 0 Å². The molecule has 3 aromatic heterocycles. The minimum atomic E-state index is -3.63. The molecule has 0 spiro atoms. The summed E-state index contributed by atoms with van der Waals surface area (Å²) in [4.78, 5) is 11.5. The normalized spacial score (nSPS) is 17.6. The van der Waals surface area contributed by atoms with E-state index in [1.807, 2.05) is 37.4 Å². The first kappa shape index (κ1) is 22.5. The molecule has 1 fully saturated rings. The number of aliphatic hydroxyl groups excluding tert-OH is 1. The number of nitrogens with zero attached hydrogens (tertiary/aromatic N) is 3. The van der Waals surface area contributed by atoms with Crippen LogP contribution in [0.5, 0.6) is 0 Å². The number of fused-ring (bicyclic) bond motifs is 1. The van der Waals surface area contributed by atoms with E-state index in [4.69, 9.17) is 0 Å². The molecule has 1 atom stereocenters. The molecule has 10 heteroatoms. The maximum Gasteiger partial charge on any atom is 0.273 e. The van der Waals surface area contributed by atoms with E-state index in [1.54, 1.807) is 28.8 Å². The van der Waals surface area contributed by atoms with Gasteiger partial charge < -0.3 is 10.1 Å².